The quantitative estimate of drug-likeness (QED) is 0.666. The molecule has 1 aliphatic heterocycles. The average molecular weight is 294 g/mol. The van der Waals surface area contributed by atoms with Crippen LogP contribution in [0, 0.1) is 0 Å². The number of likely N-dealkylation sites (tertiary alicyclic amines) is 1. The Kier molecular flexibility index (Phi) is 5.36. The van der Waals surface area contributed by atoms with Gasteiger partial charge in [0.2, 0.25) is 0 Å². The van der Waals surface area contributed by atoms with Crippen molar-refractivity contribution < 1.29 is 0 Å². The SMILES string of the molecule is CCN1CCC[C@H]1CNc1c(NCCN(C)C)c(=O)c1=O. The smallest absolute Gasteiger partial charge is 0.253 e. The lowest BCUT2D eigenvalue weighted by Crippen LogP contribution is -2.41. The summed E-state index contributed by atoms with van der Waals surface area (Å²) in [7, 11) is 3.95. The van der Waals surface area contributed by atoms with Gasteiger partial charge >= 0.3 is 0 Å². The van der Waals surface area contributed by atoms with Gasteiger partial charge in [0.15, 0.2) is 0 Å². The van der Waals surface area contributed by atoms with Crippen LogP contribution in [0.3, 0.4) is 0 Å². The molecule has 1 saturated heterocycles. The van der Waals surface area contributed by atoms with Crippen molar-refractivity contribution in [3.8, 4) is 0 Å². The molecule has 6 nitrogen and oxygen atoms in total. The highest BCUT2D eigenvalue weighted by molar-refractivity contribution is 5.73. The fourth-order valence-corrected chi connectivity index (χ4v) is 2.90. The number of nitrogens with zero attached hydrogens (tertiary/aromatic N) is 2. The van der Waals surface area contributed by atoms with E-state index in [0.717, 1.165) is 32.6 Å². The molecule has 0 saturated carbocycles. The maximum absolute atomic E-state index is 11.7. The molecule has 0 radical (unpaired) electrons. The van der Waals surface area contributed by atoms with Crippen LogP contribution in [0.5, 0.6) is 0 Å². The van der Waals surface area contributed by atoms with Gasteiger partial charge in [-0.3, -0.25) is 14.5 Å². The van der Waals surface area contributed by atoms with Crippen LogP contribution in [0.15, 0.2) is 9.59 Å². The minimum atomic E-state index is -0.393. The summed E-state index contributed by atoms with van der Waals surface area (Å²) in [5.41, 5.74) is 0.156. The molecule has 21 heavy (non-hydrogen) atoms. The maximum atomic E-state index is 11.7. The summed E-state index contributed by atoms with van der Waals surface area (Å²) in [6, 6.07) is 0.467. The van der Waals surface area contributed by atoms with Gasteiger partial charge in [-0.15, -0.1) is 0 Å². The van der Waals surface area contributed by atoms with E-state index in [2.05, 4.69) is 22.5 Å². The minimum Gasteiger partial charge on any atom is -0.379 e. The van der Waals surface area contributed by atoms with E-state index < -0.39 is 5.43 Å². The minimum absolute atomic E-state index is 0.386. The molecule has 1 aliphatic rings. The highest BCUT2D eigenvalue weighted by Gasteiger charge is 2.25. The van der Waals surface area contributed by atoms with E-state index in [4.69, 9.17) is 0 Å². The van der Waals surface area contributed by atoms with Crippen molar-refractivity contribution >= 4 is 11.4 Å². The standard InChI is InChI=1S/C15H26N4O2/c1-4-19-8-5-6-11(19)10-17-13-12(14(20)15(13)21)16-7-9-18(2)3/h11,16-17H,4-10H2,1-3H3/t11-/m0/s1. The Morgan fingerprint density at radius 1 is 1.19 bits per heavy atom. The first kappa shape index (κ1) is 16.0. The summed E-state index contributed by atoms with van der Waals surface area (Å²) in [5, 5.41) is 6.26. The molecule has 6 heteroatoms. The molecule has 2 N–H and O–H groups in total. The first-order chi connectivity index (χ1) is 10.0. The van der Waals surface area contributed by atoms with E-state index in [1.165, 1.54) is 6.42 Å². The van der Waals surface area contributed by atoms with Crippen molar-refractivity contribution in [2.24, 2.45) is 0 Å². The van der Waals surface area contributed by atoms with Crippen LogP contribution < -0.4 is 21.5 Å². The Bertz CT molecular complexity index is 534. The Labute approximate surface area is 125 Å². The number of anilines is 2. The maximum Gasteiger partial charge on any atom is 0.253 e. The molecule has 0 spiro atoms. The van der Waals surface area contributed by atoms with Gasteiger partial charge in [0.05, 0.1) is 0 Å². The Hall–Kier alpha value is -1.40. The number of hydrogen-bond acceptors (Lipinski definition) is 6. The molecule has 0 bridgehead atoms. The molecule has 1 aromatic rings. The lowest BCUT2D eigenvalue weighted by molar-refractivity contribution is 0.277. The van der Waals surface area contributed by atoms with Crippen LogP contribution in [0.1, 0.15) is 19.8 Å². The highest BCUT2D eigenvalue weighted by Crippen LogP contribution is 2.19. The van der Waals surface area contributed by atoms with Gasteiger partial charge in [-0.1, -0.05) is 6.92 Å². The lowest BCUT2D eigenvalue weighted by atomic mass is 10.1. The van der Waals surface area contributed by atoms with Crippen LogP contribution in [-0.4, -0.2) is 62.7 Å². The van der Waals surface area contributed by atoms with Crippen LogP contribution in [0.2, 0.25) is 0 Å². The molecule has 2 rings (SSSR count). The summed E-state index contributed by atoms with van der Waals surface area (Å²) in [5.74, 6) is 0. The van der Waals surface area contributed by atoms with Crippen molar-refractivity contribution in [2.75, 3.05) is 57.5 Å². The van der Waals surface area contributed by atoms with Crippen molar-refractivity contribution in [3.63, 3.8) is 0 Å². The molecule has 0 aromatic heterocycles. The number of nitrogens with one attached hydrogen (secondary N) is 2. The van der Waals surface area contributed by atoms with E-state index in [0.29, 0.717) is 24.0 Å². The van der Waals surface area contributed by atoms with E-state index in [1.54, 1.807) is 0 Å². The fraction of sp³-hybridized carbons (Fsp3) is 0.733. The predicted octanol–water partition coefficient (Wildman–Crippen LogP) is 0.152. The van der Waals surface area contributed by atoms with Gasteiger partial charge in [0.25, 0.3) is 10.9 Å². The van der Waals surface area contributed by atoms with Crippen molar-refractivity contribution in [3.05, 3.63) is 20.4 Å². The van der Waals surface area contributed by atoms with E-state index in [9.17, 15) is 9.59 Å². The van der Waals surface area contributed by atoms with Gasteiger partial charge in [0, 0.05) is 25.7 Å². The zero-order chi connectivity index (χ0) is 15.4. The second-order valence-electron chi connectivity index (χ2n) is 5.94. The molecule has 1 atom stereocenters. The summed E-state index contributed by atoms with van der Waals surface area (Å²) in [4.78, 5) is 27.8. The summed E-state index contributed by atoms with van der Waals surface area (Å²) in [6.07, 6.45) is 2.36. The molecule has 118 valence electrons. The number of hydrogen-bond donors (Lipinski definition) is 2. The van der Waals surface area contributed by atoms with E-state index >= 15 is 0 Å². The monoisotopic (exact) mass is 294 g/mol. The number of rotatable bonds is 8. The van der Waals surface area contributed by atoms with Gasteiger partial charge < -0.3 is 15.5 Å². The third-order valence-corrected chi connectivity index (χ3v) is 4.19. The normalized spacial score (nSPS) is 19.5. The molecular formula is C15H26N4O2. The topological polar surface area (TPSA) is 64.7 Å². The third kappa shape index (κ3) is 3.63. The number of likely N-dealkylation sites (N-methyl/N-ethyl adjacent to an activating group) is 2. The molecular weight excluding hydrogens is 268 g/mol. The average Bonchev–Trinajstić information content (AvgIpc) is 2.92. The van der Waals surface area contributed by atoms with E-state index in [-0.39, 0.29) is 5.43 Å². The van der Waals surface area contributed by atoms with Crippen LogP contribution in [0.4, 0.5) is 11.4 Å². The lowest BCUT2D eigenvalue weighted by Gasteiger charge is -2.24. The van der Waals surface area contributed by atoms with Crippen molar-refractivity contribution in [1.29, 1.82) is 0 Å². The molecule has 1 heterocycles. The van der Waals surface area contributed by atoms with Crippen molar-refractivity contribution in [1.82, 2.24) is 9.80 Å². The van der Waals surface area contributed by atoms with Gasteiger partial charge in [-0.2, -0.15) is 0 Å². The Morgan fingerprint density at radius 2 is 1.86 bits per heavy atom. The van der Waals surface area contributed by atoms with Gasteiger partial charge in [0.1, 0.15) is 11.4 Å². The molecule has 1 fully saturated rings. The van der Waals surface area contributed by atoms with Crippen LogP contribution in [-0.2, 0) is 0 Å². The molecule has 0 unspecified atom stereocenters. The first-order valence-corrected chi connectivity index (χ1v) is 7.74. The Morgan fingerprint density at radius 3 is 2.48 bits per heavy atom. The fourth-order valence-electron chi connectivity index (χ4n) is 2.90. The van der Waals surface area contributed by atoms with Crippen LogP contribution >= 0.6 is 0 Å². The Balaban J connectivity index is 1.90. The summed E-state index contributed by atoms with van der Waals surface area (Å²) >= 11 is 0. The zero-order valence-corrected chi connectivity index (χ0v) is 13.2. The molecule has 0 aliphatic carbocycles. The second kappa shape index (κ2) is 7.04. The second-order valence-corrected chi connectivity index (χ2v) is 5.94. The largest absolute Gasteiger partial charge is 0.379 e. The highest BCUT2D eigenvalue weighted by atomic mass is 16.2. The first-order valence-electron chi connectivity index (χ1n) is 7.74. The predicted molar refractivity (Wildman–Crippen MR) is 87.2 cm³/mol. The van der Waals surface area contributed by atoms with E-state index in [1.807, 2.05) is 19.0 Å². The van der Waals surface area contributed by atoms with Crippen molar-refractivity contribution in [2.45, 2.75) is 25.8 Å². The third-order valence-electron chi connectivity index (χ3n) is 4.19. The summed E-state index contributed by atoms with van der Waals surface area (Å²) in [6.45, 7) is 6.54. The molecule has 0 amide bonds. The van der Waals surface area contributed by atoms with Gasteiger partial charge in [-0.25, -0.2) is 0 Å². The van der Waals surface area contributed by atoms with Gasteiger partial charge in [-0.05, 0) is 40.0 Å². The molecule has 1 aromatic carbocycles. The zero-order valence-electron chi connectivity index (χ0n) is 13.2. The van der Waals surface area contributed by atoms with Crippen LogP contribution in [0.25, 0.3) is 0 Å². The summed E-state index contributed by atoms with van der Waals surface area (Å²) < 4.78 is 0.